The lowest BCUT2D eigenvalue weighted by Gasteiger charge is -2.20. The number of carbonyl (C=O) groups excluding carboxylic acids is 1. The van der Waals surface area contributed by atoms with E-state index in [9.17, 15) is 9.59 Å². The highest BCUT2D eigenvalue weighted by molar-refractivity contribution is 5.86. The van der Waals surface area contributed by atoms with Crippen molar-refractivity contribution < 1.29 is 19.4 Å². The van der Waals surface area contributed by atoms with Gasteiger partial charge >= 0.3 is 5.97 Å². The Morgan fingerprint density at radius 1 is 1.41 bits per heavy atom. The second kappa shape index (κ2) is 7.84. The molecule has 0 aromatic heterocycles. The highest BCUT2D eigenvalue weighted by Crippen LogP contribution is 2.03. The minimum absolute atomic E-state index is 0.170. The van der Waals surface area contributed by atoms with Crippen LogP contribution in [-0.2, 0) is 14.3 Å². The summed E-state index contributed by atoms with van der Waals surface area (Å²) >= 11 is 0. The fraction of sp³-hybridized carbons (Fsp3) is 0.667. The zero-order valence-electron chi connectivity index (χ0n) is 10.6. The smallest absolute Gasteiger partial charge is 0.326 e. The highest BCUT2D eigenvalue weighted by Gasteiger charge is 2.25. The van der Waals surface area contributed by atoms with Crippen molar-refractivity contribution in [2.45, 2.75) is 39.3 Å². The summed E-state index contributed by atoms with van der Waals surface area (Å²) in [5, 5.41) is 11.4. The Labute approximate surface area is 102 Å². The van der Waals surface area contributed by atoms with Gasteiger partial charge in [-0.3, -0.25) is 4.79 Å². The number of rotatable bonds is 8. The van der Waals surface area contributed by atoms with Gasteiger partial charge in [-0.1, -0.05) is 19.9 Å². The van der Waals surface area contributed by atoms with Crippen molar-refractivity contribution in [1.29, 1.82) is 0 Å². The Hall–Kier alpha value is -1.36. The van der Waals surface area contributed by atoms with Crippen LogP contribution >= 0.6 is 0 Å². The van der Waals surface area contributed by atoms with E-state index in [0.29, 0.717) is 13.0 Å². The third-order valence-corrected chi connectivity index (χ3v) is 2.29. The van der Waals surface area contributed by atoms with Gasteiger partial charge in [-0.05, 0) is 19.3 Å². The van der Waals surface area contributed by atoms with Crippen LogP contribution in [0, 0.1) is 5.92 Å². The molecule has 0 saturated carbocycles. The molecule has 2 N–H and O–H groups in total. The first-order chi connectivity index (χ1) is 7.90. The summed E-state index contributed by atoms with van der Waals surface area (Å²) in [5.74, 6) is -1.61. The molecular formula is C12H21NO4. The number of hydrogen-bond donors (Lipinski definition) is 2. The van der Waals surface area contributed by atoms with Crippen molar-refractivity contribution in [3.63, 3.8) is 0 Å². The maximum atomic E-state index is 11.6. The Balaban J connectivity index is 4.21. The molecule has 0 bridgehead atoms. The average molecular weight is 243 g/mol. The summed E-state index contributed by atoms with van der Waals surface area (Å²) in [6.45, 7) is 9.01. The van der Waals surface area contributed by atoms with Crippen LogP contribution in [0.25, 0.3) is 0 Å². The minimum atomic E-state index is -1.04. The monoisotopic (exact) mass is 243 g/mol. The minimum Gasteiger partial charge on any atom is -0.480 e. The molecule has 0 saturated heterocycles. The molecule has 0 spiro atoms. The summed E-state index contributed by atoms with van der Waals surface area (Å²) in [5.41, 5.74) is 0. The van der Waals surface area contributed by atoms with Gasteiger partial charge in [0.05, 0.1) is 6.61 Å². The topological polar surface area (TPSA) is 75.6 Å². The molecule has 0 heterocycles. The molecule has 0 aliphatic heterocycles. The van der Waals surface area contributed by atoms with Crippen LogP contribution in [-0.4, -0.2) is 35.7 Å². The summed E-state index contributed by atoms with van der Waals surface area (Å²) in [6.07, 6.45) is 1.69. The lowest BCUT2D eigenvalue weighted by Crippen LogP contribution is -2.48. The van der Waals surface area contributed by atoms with Crippen LogP contribution in [0.1, 0.15) is 27.2 Å². The molecule has 1 amide bonds. The van der Waals surface area contributed by atoms with E-state index in [2.05, 4.69) is 11.9 Å². The predicted octanol–water partition coefficient (Wildman–Crippen LogP) is 1.19. The van der Waals surface area contributed by atoms with Crippen molar-refractivity contribution in [2.24, 2.45) is 5.92 Å². The number of amides is 1. The molecular weight excluding hydrogens is 222 g/mol. The normalized spacial score (nSPS) is 14.1. The van der Waals surface area contributed by atoms with Gasteiger partial charge in [0.15, 0.2) is 0 Å². The van der Waals surface area contributed by atoms with Crippen molar-refractivity contribution in [2.75, 3.05) is 6.61 Å². The van der Waals surface area contributed by atoms with Crippen molar-refractivity contribution in [3.8, 4) is 0 Å². The van der Waals surface area contributed by atoms with E-state index < -0.39 is 24.0 Å². The maximum Gasteiger partial charge on any atom is 0.326 e. The third kappa shape index (κ3) is 6.06. The van der Waals surface area contributed by atoms with Gasteiger partial charge in [0.25, 0.3) is 0 Å². The van der Waals surface area contributed by atoms with Crippen LogP contribution in [0.15, 0.2) is 12.7 Å². The molecule has 0 radical (unpaired) electrons. The van der Waals surface area contributed by atoms with E-state index in [1.54, 1.807) is 26.8 Å². The Morgan fingerprint density at radius 2 is 2.00 bits per heavy atom. The SMILES string of the molecule is C=CCCOC(C)C(=O)N[C@@H](C(=O)O)C(C)C. The zero-order valence-corrected chi connectivity index (χ0v) is 10.6. The molecule has 2 atom stereocenters. The summed E-state index contributed by atoms with van der Waals surface area (Å²) in [6, 6.07) is -0.882. The standard InChI is InChI=1S/C12H21NO4/c1-5-6-7-17-9(4)11(14)13-10(8(2)3)12(15)16/h5,8-10H,1,6-7H2,2-4H3,(H,13,14)(H,15,16)/t9?,10-/m1/s1. The molecule has 0 aromatic rings. The molecule has 17 heavy (non-hydrogen) atoms. The van der Waals surface area contributed by atoms with Crippen molar-refractivity contribution in [1.82, 2.24) is 5.32 Å². The molecule has 0 aliphatic carbocycles. The van der Waals surface area contributed by atoms with Gasteiger partial charge in [-0.2, -0.15) is 0 Å². The average Bonchev–Trinajstić information content (AvgIpc) is 2.24. The van der Waals surface area contributed by atoms with Crippen molar-refractivity contribution in [3.05, 3.63) is 12.7 Å². The third-order valence-electron chi connectivity index (χ3n) is 2.29. The number of aliphatic carboxylic acids is 1. The Morgan fingerprint density at radius 3 is 2.41 bits per heavy atom. The van der Waals surface area contributed by atoms with Crippen LogP contribution in [0.5, 0.6) is 0 Å². The molecule has 5 heteroatoms. The van der Waals surface area contributed by atoms with Crippen molar-refractivity contribution >= 4 is 11.9 Å². The van der Waals surface area contributed by atoms with E-state index in [1.165, 1.54) is 0 Å². The van der Waals surface area contributed by atoms with E-state index in [0.717, 1.165) is 0 Å². The number of ether oxygens (including phenoxy) is 1. The van der Waals surface area contributed by atoms with Crippen LogP contribution in [0.4, 0.5) is 0 Å². The van der Waals surface area contributed by atoms with Crippen LogP contribution < -0.4 is 5.32 Å². The zero-order chi connectivity index (χ0) is 13.4. The van der Waals surface area contributed by atoms with Gasteiger partial charge < -0.3 is 15.2 Å². The quantitative estimate of drug-likeness (QED) is 0.496. The van der Waals surface area contributed by atoms with Gasteiger partial charge in [0.2, 0.25) is 5.91 Å². The predicted molar refractivity (Wildman–Crippen MR) is 64.6 cm³/mol. The summed E-state index contributed by atoms with van der Waals surface area (Å²) in [7, 11) is 0. The van der Waals surface area contributed by atoms with Gasteiger partial charge in [-0.25, -0.2) is 4.79 Å². The Kier molecular flexibility index (Phi) is 7.21. The molecule has 98 valence electrons. The molecule has 0 aromatic carbocycles. The lowest BCUT2D eigenvalue weighted by molar-refractivity contribution is -0.145. The first-order valence-corrected chi connectivity index (χ1v) is 5.65. The molecule has 5 nitrogen and oxygen atoms in total. The highest BCUT2D eigenvalue weighted by atomic mass is 16.5. The van der Waals surface area contributed by atoms with Crippen LogP contribution in [0.2, 0.25) is 0 Å². The number of carboxylic acid groups (broad SMARTS) is 1. The van der Waals surface area contributed by atoms with E-state index in [1.807, 2.05) is 0 Å². The molecule has 1 unspecified atom stereocenters. The molecule has 0 rings (SSSR count). The largest absolute Gasteiger partial charge is 0.480 e. The Bertz CT molecular complexity index is 276. The second-order valence-corrected chi connectivity index (χ2v) is 4.16. The van der Waals surface area contributed by atoms with Gasteiger partial charge in [-0.15, -0.1) is 6.58 Å². The van der Waals surface area contributed by atoms with Crippen LogP contribution in [0.3, 0.4) is 0 Å². The number of carbonyl (C=O) groups is 2. The second-order valence-electron chi connectivity index (χ2n) is 4.16. The fourth-order valence-corrected chi connectivity index (χ4v) is 1.19. The fourth-order valence-electron chi connectivity index (χ4n) is 1.19. The number of carboxylic acids is 1. The summed E-state index contributed by atoms with van der Waals surface area (Å²) < 4.78 is 5.23. The maximum absolute atomic E-state index is 11.6. The lowest BCUT2D eigenvalue weighted by atomic mass is 10.0. The molecule has 0 aliphatic rings. The molecule has 0 fully saturated rings. The number of nitrogens with one attached hydrogen (secondary N) is 1. The van der Waals surface area contributed by atoms with E-state index >= 15 is 0 Å². The van der Waals surface area contributed by atoms with Gasteiger partial charge in [0.1, 0.15) is 12.1 Å². The summed E-state index contributed by atoms with van der Waals surface area (Å²) in [4.78, 5) is 22.5. The van der Waals surface area contributed by atoms with Gasteiger partial charge in [0, 0.05) is 0 Å². The van der Waals surface area contributed by atoms with E-state index in [-0.39, 0.29) is 5.92 Å². The first-order valence-electron chi connectivity index (χ1n) is 5.65. The first kappa shape index (κ1) is 15.6. The number of hydrogen-bond acceptors (Lipinski definition) is 3. The van der Waals surface area contributed by atoms with E-state index in [4.69, 9.17) is 9.84 Å².